The van der Waals surface area contributed by atoms with Crippen LogP contribution in [-0.4, -0.2) is 10.9 Å². The van der Waals surface area contributed by atoms with Gasteiger partial charge in [0, 0.05) is 11.5 Å². The molecule has 1 aromatic heterocycles. The first-order valence-electron chi connectivity index (χ1n) is 9.19. The Balaban J connectivity index is 1.57. The lowest BCUT2D eigenvalue weighted by atomic mass is 10.0. The molecule has 0 bridgehead atoms. The number of benzene rings is 2. The Hall–Kier alpha value is -2.92. The number of ether oxygens (including phenoxy) is 1. The van der Waals surface area contributed by atoms with Crippen molar-refractivity contribution in [2.75, 3.05) is 0 Å². The highest BCUT2D eigenvalue weighted by molar-refractivity contribution is 7.09. The zero-order valence-corrected chi connectivity index (χ0v) is 17.1. The molecule has 0 fully saturated rings. The third kappa shape index (κ3) is 5.54. The number of rotatable bonds is 7. The summed E-state index contributed by atoms with van der Waals surface area (Å²) in [7, 11) is 0. The molecule has 0 radical (unpaired) electrons. The first-order valence-corrected chi connectivity index (χ1v) is 10.1. The number of hydrogen-bond acceptors (Lipinski definition) is 4. The minimum absolute atomic E-state index is 0.0467. The van der Waals surface area contributed by atoms with Crippen molar-refractivity contribution in [3.63, 3.8) is 0 Å². The zero-order valence-electron chi connectivity index (χ0n) is 16.3. The Morgan fingerprint density at radius 3 is 2.79 bits per heavy atom. The second-order valence-corrected chi connectivity index (χ2v) is 7.70. The van der Waals surface area contributed by atoms with E-state index in [1.54, 1.807) is 23.5 Å². The first-order chi connectivity index (χ1) is 13.5. The molecule has 3 aromatic rings. The van der Waals surface area contributed by atoms with Gasteiger partial charge in [-0.15, -0.1) is 11.3 Å². The molecule has 1 amide bonds. The van der Waals surface area contributed by atoms with Crippen LogP contribution in [0.3, 0.4) is 0 Å². The van der Waals surface area contributed by atoms with Crippen LogP contribution in [-0.2, 0) is 11.4 Å². The molecule has 0 aliphatic rings. The Morgan fingerprint density at radius 1 is 1.21 bits per heavy atom. The maximum absolute atomic E-state index is 12.3. The fraction of sp³-hybridized carbons (Fsp3) is 0.217. The number of aryl methyl sites for hydroxylation is 2. The Bertz CT molecular complexity index is 978. The van der Waals surface area contributed by atoms with Crippen LogP contribution in [0.4, 0.5) is 0 Å². The third-order valence-corrected chi connectivity index (χ3v) is 5.17. The molecule has 5 heteroatoms. The van der Waals surface area contributed by atoms with E-state index in [9.17, 15) is 4.79 Å². The lowest BCUT2D eigenvalue weighted by Gasteiger charge is -2.15. The van der Waals surface area contributed by atoms with Crippen molar-refractivity contribution in [2.24, 2.45) is 0 Å². The fourth-order valence-electron chi connectivity index (χ4n) is 2.92. The Morgan fingerprint density at radius 2 is 2.04 bits per heavy atom. The number of amides is 1. The lowest BCUT2D eigenvalue weighted by Crippen LogP contribution is -2.25. The largest absolute Gasteiger partial charge is 0.487 e. The van der Waals surface area contributed by atoms with Crippen LogP contribution in [0.5, 0.6) is 5.75 Å². The molecular weight excluding hydrogens is 368 g/mol. The van der Waals surface area contributed by atoms with E-state index < -0.39 is 0 Å². The minimum atomic E-state index is -0.125. The molecule has 0 spiro atoms. The van der Waals surface area contributed by atoms with E-state index in [-0.39, 0.29) is 11.9 Å². The highest BCUT2D eigenvalue weighted by Gasteiger charge is 2.09. The van der Waals surface area contributed by atoms with E-state index >= 15 is 0 Å². The number of thiazole rings is 1. The normalized spacial score (nSPS) is 12.1. The van der Waals surface area contributed by atoms with Gasteiger partial charge in [-0.1, -0.05) is 36.4 Å². The van der Waals surface area contributed by atoms with Gasteiger partial charge in [-0.25, -0.2) is 4.98 Å². The van der Waals surface area contributed by atoms with Crippen molar-refractivity contribution in [1.29, 1.82) is 0 Å². The molecule has 144 valence electrons. The van der Waals surface area contributed by atoms with Gasteiger partial charge in [-0.2, -0.15) is 0 Å². The average Bonchev–Trinajstić information content (AvgIpc) is 3.10. The molecule has 0 aliphatic heterocycles. The highest BCUT2D eigenvalue weighted by atomic mass is 32.1. The number of nitrogens with zero attached hydrogens (tertiary/aromatic N) is 1. The summed E-state index contributed by atoms with van der Waals surface area (Å²) in [5, 5.41) is 6.03. The Labute approximate surface area is 169 Å². The predicted molar refractivity (Wildman–Crippen MR) is 114 cm³/mol. The molecule has 0 saturated heterocycles. The summed E-state index contributed by atoms with van der Waals surface area (Å²) in [5.41, 5.74) is 4.12. The van der Waals surface area contributed by atoms with Crippen LogP contribution in [0.25, 0.3) is 6.08 Å². The molecule has 1 atom stereocenters. The molecule has 3 rings (SSSR count). The molecular formula is C23H24N2O2S. The van der Waals surface area contributed by atoms with E-state index in [1.807, 2.05) is 74.7 Å². The molecule has 1 heterocycles. The fourth-order valence-corrected chi connectivity index (χ4v) is 3.52. The van der Waals surface area contributed by atoms with Crippen LogP contribution in [0, 0.1) is 13.8 Å². The maximum atomic E-state index is 12.3. The zero-order chi connectivity index (χ0) is 19.9. The Kier molecular flexibility index (Phi) is 6.61. The molecule has 4 nitrogen and oxygen atoms in total. The van der Waals surface area contributed by atoms with Crippen LogP contribution in [0.15, 0.2) is 60.0 Å². The number of carbonyl (C=O) groups excluding carboxylic acids is 1. The predicted octanol–water partition coefficient (Wildman–Crippen LogP) is 5.23. The van der Waals surface area contributed by atoms with Gasteiger partial charge in [-0.3, -0.25) is 4.79 Å². The van der Waals surface area contributed by atoms with Gasteiger partial charge in [-0.05, 0) is 55.7 Å². The summed E-state index contributed by atoms with van der Waals surface area (Å²) >= 11 is 1.61. The SMILES string of the molecule is Cc1nc(COc2cccc(/C=C/C(=O)NC(C)c3ccccc3C)c2)cs1. The van der Waals surface area contributed by atoms with E-state index in [1.165, 1.54) is 5.56 Å². The van der Waals surface area contributed by atoms with Crippen LogP contribution in [0.2, 0.25) is 0 Å². The standard InChI is InChI=1S/C23H24N2O2S/c1-16-7-4-5-10-22(16)17(2)24-23(26)12-11-19-8-6-9-21(13-19)27-14-20-15-28-18(3)25-20/h4-13,15,17H,14H2,1-3H3,(H,24,26)/b12-11+. The van der Waals surface area contributed by atoms with Gasteiger partial charge in [0.05, 0.1) is 16.7 Å². The monoisotopic (exact) mass is 392 g/mol. The summed E-state index contributed by atoms with van der Waals surface area (Å²) in [4.78, 5) is 16.7. The number of hydrogen-bond donors (Lipinski definition) is 1. The van der Waals surface area contributed by atoms with E-state index in [0.717, 1.165) is 27.6 Å². The summed E-state index contributed by atoms with van der Waals surface area (Å²) in [6.45, 7) is 6.45. The number of aromatic nitrogens is 1. The van der Waals surface area contributed by atoms with E-state index in [2.05, 4.69) is 10.3 Å². The van der Waals surface area contributed by atoms with Crippen molar-refractivity contribution < 1.29 is 9.53 Å². The third-order valence-electron chi connectivity index (χ3n) is 4.35. The van der Waals surface area contributed by atoms with Gasteiger partial charge in [0.2, 0.25) is 5.91 Å². The van der Waals surface area contributed by atoms with Crippen LogP contribution in [0.1, 0.15) is 40.4 Å². The topological polar surface area (TPSA) is 51.2 Å². The molecule has 1 unspecified atom stereocenters. The van der Waals surface area contributed by atoms with Gasteiger partial charge in [0.15, 0.2) is 0 Å². The molecule has 2 aromatic carbocycles. The van der Waals surface area contributed by atoms with Gasteiger partial charge in [0.1, 0.15) is 12.4 Å². The van der Waals surface area contributed by atoms with Gasteiger partial charge < -0.3 is 10.1 Å². The van der Waals surface area contributed by atoms with Crippen molar-refractivity contribution in [1.82, 2.24) is 10.3 Å². The smallest absolute Gasteiger partial charge is 0.244 e. The van der Waals surface area contributed by atoms with Gasteiger partial charge >= 0.3 is 0 Å². The number of nitrogens with one attached hydrogen (secondary N) is 1. The van der Waals surface area contributed by atoms with E-state index in [4.69, 9.17) is 4.74 Å². The summed E-state index contributed by atoms with van der Waals surface area (Å²) < 4.78 is 5.80. The van der Waals surface area contributed by atoms with Crippen molar-refractivity contribution in [3.05, 3.63) is 87.4 Å². The van der Waals surface area contributed by atoms with Crippen molar-refractivity contribution in [3.8, 4) is 5.75 Å². The number of carbonyl (C=O) groups is 1. The second-order valence-electron chi connectivity index (χ2n) is 6.64. The first kappa shape index (κ1) is 19.8. The molecule has 1 N–H and O–H groups in total. The average molecular weight is 393 g/mol. The summed E-state index contributed by atoms with van der Waals surface area (Å²) in [6, 6.07) is 15.7. The van der Waals surface area contributed by atoms with Gasteiger partial charge in [0.25, 0.3) is 0 Å². The molecule has 28 heavy (non-hydrogen) atoms. The van der Waals surface area contributed by atoms with Crippen LogP contribution < -0.4 is 10.1 Å². The maximum Gasteiger partial charge on any atom is 0.244 e. The molecule has 0 aliphatic carbocycles. The second kappa shape index (κ2) is 9.33. The van der Waals surface area contributed by atoms with Crippen LogP contribution >= 0.6 is 11.3 Å². The summed E-state index contributed by atoms with van der Waals surface area (Å²) in [6.07, 6.45) is 3.34. The van der Waals surface area contributed by atoms with E-state index in [0.29, 0.717) is 6.61 Å². The lowest BCUT2D eigenvalue weighted by molar-refractivity contribution is -0.117. The molecule has 0 saturated carbocycles. The highest BCUT2D eigenvalue weighted by Crippen LogP contribution is 2.18. The van der Waals surface area contributed by atoms with Crippen molar-refractivity contribution in [2.45, 2.75) is 33.4 Å². The quantitative estimate of drug-likeness (QED) is 0.560. The van der Waals surface area contributed by atoms with Crippen molar-refractivity contribution >= 4 is 23.3 Å². The minimum Gasteiger partial charge on any atom is -0.487 e. The summed E-state index contributed by atoms with van der Waals surface area (Å²) in [5.74, 6) is 0.626.